The van der Waals surface area contributed by atoms with Gasteiger partial charge in [-0.15, -0.1) is 0 Å². The topological polar surface area (TPSA) is 113 Å². The molecule has 232 valence electrons. The van der Waals surface area contributed by atoms with Crippen molar-refractivity contribution in [3.8, 4) is 34.8 Å². The number of carbonyl (C=O) groups excluding carboxylic acids is 1. The van der Waals surface area contributed by atoms with Crippen molar-refractivity contribution in [2.75, 3.05) is 20.3 Å². The summed E-state index contributed by atoms with van der Waals surface area (Å²) in [4.78, 5) is 12.3. The molecule has 1 unspecified atom stereocenters. The number of hydrogen-bond donors (Lipinski definition) is 1. The molecule has 1 aliphatic heterocycles. The number of nitrogens with two attached hydrogens (primary N) is 1. The van der Waals surface area contributed by atoms with Crippen LogP contribution < -0.4 is 29.4 Å². The maximum absolute atomic E-state index is 13.8. The molecule has 0 fully saturated rings. The number of unbranched alkanes of at least 4 members (excludes halogenated alkanes) is 3. The van der Waals surface area contributed by atoms with Crippen LogP contribution in [-0.2, 0) is 4.79 Å². The Balaban J connectivity index is 1.53. The summed E-state index contributed by atoms with van der Waals surface area (Å²) in [5.74, 6) is -14.0. The smallest absolute Gasteiger partial charge is 0.349 e. The van der Waals surface area contributed by atoms with E-state index in [1.54, 1.807) is 18.2 Å². The summed E-state index contributed by atoms with van der Waals surface area (Å²) < 4.78 is 94.4. The molecular formula is C31H27F5N2O6. The monoisotopic (exact) mass is 618 g/mol. The highest BCUT2D eigenvalue weighted by Crippen LogP contribution is 2.45. The second-order valence-corrected chi connectivity index (χ2v) is 9.61. The lowest BCUT2D eigenvalue weighted by Gasteiger charge is -2.27. The zero-order chi connectivity index (χ0) is 32.0. The van der Waals surface area contributed by atoms with Gasteiger partial charge in [-0.25, -0.2) is 18.0 Å². The van der Waals surface area contributed by atoms with Crippen LogP contribution in [0.2, 0.25) is 0 Å². The number of methoxy groups -OCH3 is 1. The molecule has 0 saturated heterocycles. The summed E-state index contributed by atoms with van der Waals surface area (Å²) >= 11 is 0. The van der Waals surface area contributed by atoms with Crippen LogP contribution in [0.25, 0.3) is 0 Å². The maximum Gasteiger partial charge on any atom is 0.349 e. The standard InChI is InChI=1S/C31H27F5N2O6/c1-3-4-5-6-11-41-20-10-7-16(12-22(20)40-2)24-18-9-8-17(13-21(18)44-31(38)19(24)14-37)43-23(39)15-42-30-28(35)26(33)25(32)27(34)29(30)36/h7-10,12-13,24H,3-6,11,15,38H2,1-2H3. The third-order valence-corrected chi connectivity index (χ3v) is 6.70. The molecule has 0 bridgehead atoms. The van der Waals surface area contributed by atoms with Crippen molar-refractivity contribution in [2.45, 2.75) is 38.5 Å². The van der Waals surface area contributed by atoms with Crippen LogP contribution >= 0.6 is 0 Å². The van der Waals surface area contributed by atoms with Gasteiger partial charge in [0.2, 0.25) is 35.0 Å². The van der Waals surface area contributed by atoms with Gasteiger partial charge in [-0.3, -0.25) is 0 Å². The molecule has 0 amide bonds. The van der Waals surface area contributed by atoms with Crippen LogP contribution in [0.4, 0.5) is 22.0 Å². The van der Waals surface area contributed by atoms with Crippen molar-refractivity contribution in [3.63, 3.8) is 0 Å². The fourth-order valence-corrected chi connectivity index (χ4v) is 4.54. The number of carbonyl (C=O) groups is 1. The van der Waals surface area contributed by atoms with Crippen LogP contribution in [-0.4, -0.2) is 26.3 Å². The Labute approximate surface area is 249 Å². The molecule has 4 rings (SSSR count). The van der Waals surface area contributed by atoms with Crippen LogP contribution in [0, 0.1) is 40.4 Å². The number of esters is 1. The molecule has 8 nitrogen and oxygen atoms in total. The fraction of sp³-hybridized carbons (Fsp3) is 0.290. The van der Waals surface area contributed by atoms with E-state index in [2.05, 4.69) is 17.7 Å². The third-order valence-electron chi connectivity index (χ3n) is 6.70. The Bertz CT molecular complexity index is 1610. The van der Waals surface area contributed by atoms with E-state index in [1.165, 1.54) is 25.3 Å². The number of fused-ring (bicyclic) bond motifs is 1. The van der Waals surface area contributed by atoms with Gasteiger partial charge >= 0.3 is 5.97 Å². The Morgan fingerprint density at radius 1 is 0.932 bits per heavy atom. The largest absolute Gasteiger partial charge is 0.493 e. The van der Waals surface area contributed by atoms with E-state index in [9.17, 15) is 32.0 Å². The molecule has 0 spiro atoms. The third kappa shape index (κ3) is 6.64. The Hall–Kier alpha value is -4.99. The number of halogens is 5. The minimum Gasteiger partial charge on any atom is -0.493 e. The van der Waals surface area contributed by atoms with Gasteiger partial charge in [-0.2, -0.15) is 14.0 Å². The van der Waals surface area contributed by atoms with Crippen molar-refractivity contribution in [1.82, 2.24) is 0 Å². The van der Waals surface area contributed by atoms with E-state index in [4.69, 9.17) is 24.7 Å². The first kappa shape index (κ1) is 31.9. The average Bonchev–Trinajstić information content (AvgIpc) is 3.02. The second kappa shape index (κ2) is 14.0. The van der Waals surface area contributed by atoms with E-state index in [0.717, 1.165) is 25.7 Å². The molecule has 0 saturated carbocycles. The van der Waals surface area contributed by atoms with Gasteiger partial charge in [-0.1, -0.05) is 38.3 Å². The Kier molecular flexibility index (Phi) is 10.2. The number of rotatable bonds is 12. The number of benzene rings is 3. The van der Waals surface area contributed by atoms with E-state index in [1.807, 2.05) is 0 Å². The maximum atomic E-state index is 13.8. The number of ether oxygens (including phenoxy) is 5. The molecule has 1 aliphatic rings. The first-order chi connectivity index (χ1) is 21.1. The number of allylic oxidation sites excluding steroid dienone is 1. The SMILES string of the molecule is CCCCCCOc1ccc(C2C(C#N)=C(N)Oc3cc(OC(=O)COc4c(F)c(F)c(F)c(F)c4F)ccc32)cc1OC. The van der Waals surface area contributed by atoms with Crippen molar-refractivity contribution in [2.24, 2.45) is 5.73 Å². The molecular weight excluding hydrogens is 591 g/mol. The van der Waals surface area contributed by atoms with Gasteiger partial charge in [0.05, 0.1) is 19.6 Å². The fourth-order valence-electron chi connectivity index (χ4n) is 4.54. The predicted octanol–water partition coefficient (Wildman–Crippen LogP) is 6.55. The van der Waals surface area contributed by atoms with Crippen LogP contribution in [0.3, 0.4) is 0 Å². The number of nitrogens with zero attached hydrogens (tertiary/aromatic N) is 1. The summed E-state index contributed by atoms with van der Waals surface area (Å²) in [5.41, 5.74) is 7.30. The molecule has 0 radical (unpaired) electrons. The van der Waals surface area contributed by atoms with Gasteiger partial charge in [0.25, 0.3) is 0 Å². The summed E-state index contributed by atoms with van der Waals surface area (Å²) in [7, 11) is 1.49. The zero-order valence-corrected chi connectivity index (χ0v) is 23.6. The normalized spacial score (nSPS) is 13.9. The molecule has 2 N–H and O–H groups in total. The molecule has 44 heavy (non-hydrogen) atoms. The molecule has 13 heteroatoms. The van der Waals surface area contributed by atoms with Crippen molar-refractivity contribution < 1.29 is 50.4 Å². The molecule has 1 heterocycles. The van der Waals surface area contributed by atoms with E-state index >= 15 is 0 Å². The molecule has 1 atom stereocenters. The summed E-state index contributed by atoms with van der Waals surface area (Å²) in [5, 5.41) is 9.87. The van der Waals surface area contributed by atoms with Gasteiger partial charge in [0, 0.05) is 11.6 Å². The predicted molar refractivity (Wildman–Crippen MR) is 146 cm³/mol. The highest BCUT2D eigenvalue weighted by molar-refractivity contribution is 5.74. The molecule has 0 aliphatic carbocycles. The molecule has 3 aromatic rings. The minimum atomic E-state index is -2.37. The van der Waals surface area contributed by atoms with Gasteiger partial charge in [-0.05, 0) is 30.2 Å². The lowest BCUT2D eigenvalue weighted by atomic mass is 9.83. The number of nitriles is 1. The van der Waals surface area contributed by atoms with E-state index in [-0.39, 0.29) is 23.0 Å². The summed E-state index contributed by atoms with van der Waals surface area (Å²) in [6, 6.07) is 11.4. The molecule has 0 aromatic heterocycles. The first-order valence-electron chi connectivity index (χ1n) is 13.5. The average molecular weight is 619 g/mol. The van der Waals surface area contributed by atoms with Crippen molar-refractivity contribution in [1.29, 1.82) is 5.26 Å². The van der Waals surface area contributed by atoms with Crippen LogP contribution in [0.15, 0.2) is 47.9 Å². The number of hydrogen-bond acceptors (Lipinski definition) is 8. The van der Waals surface area contributed by atoms with Crippen molar-refractivity contribution in [3.05, 3.63) is 88.1 Å². The van der Waals surface area contributed by atoms with Gasteiger partial charge < -0.3 is 29.4 Å². The quantitative estimate of drug-likeness (QED) is 0.0607. The lowest BCUT2D eigenvalue weighted by molar-refractivity contribution is -0.136. The highest BCUT2D eigenvalue weighted by atomic mass is 19.2. The van der Waals surface area contributed by atoms with Crippen molar-refractivity contribution >= 4 is 5.97 Å². The van der Waals surface area contributed by atoms with Crippen LogP contribution in [0.5, 0.6) is 28.7 Å². The first-order valence-corrected chi connectivity index (χ1v) is 13.5. The lowest BCUT2D eigenvalue weighted by Crippen LogP contribution is -2.22. The van der Waals surface area contributed by atoms with Gasteiger partial charge in [0.1, 0.15) is 23.1 Å². The van der Waals surface area contributed by atoms with Gasteiger partial charge in [0.15, 0.2) is 23.9 Å². The minimum absolute atomic E-state index is 0.119. The van der Waals surface area contributed by atoms with E-state index in [0.29, 0.717) is 29.2 Å². The van der Waals surface area contributed by atoms with Crippen LogP contribution in [0.1, 0.15) is 49.7 Å². The summed E-state index contributed by atoms with van der Waals surface area (Å²) in [6.07, 6.45) is 4.15. The Morgan fingerprint density at radius 2 is 1.64 bits per heavy atom. The highest BCUT2D eigenvalue weighted by Gasteiger charge is 2.32. The summed E-state index contributed by atoms with van der Waals surface area (Å²) in [6.45, 7) is 1.45. The second-order valence-electron chi connectivity index (χ2n) is 9.61. The zero-order valence-electron chi connectivity index (χ0n) is 23.6. The Morgan fingerprint density at radius 3 is 2.30 bits per heavy atom. The molecule has 3 aromatic carbocycles. The van der Waals surface area contributed by atoms with E-state index < -0.39 is 53.3 Å².